The topological polar surface area (TPSA) is 67.9 Å². The molecule has 1 atom stereocenters. The first-order valence-corrected chi connectivity index (χ1v) is 13.8. The van der Waals surface area contributed by atoms with Crippen LogP contribution in [0.25, 0.3) is 0 Å². The van der Waals surface area contributed by atoms with Gasteiger partial charge in [0.05, 0.1) is 12.3 Å². The van der Waals surface area contributed by atoms with Crippen molar-refractivity contribution in [3.63, 3.8) is 0 Å². The van der Waals surface area contributed by atoms with E-state index < -0.39 is 16.2 Å². The van der Waals surface area contributed by atoms with Crippen molar-refractivity contribution in [3.8, 4) is 11.5 Å². The van der Waals surface area contributed by atoms with Gasteiger partial charge >= 0.3 is 0 Å². The molecule has 1 N–H and O–H groups in total. The zero-order valence-electron chi connectivity index (χ0n) is 20.3. The van der Waals surface area contributed by atoms with Crippen molar-refractivity contribution in [3.05, 3.63) is 119 Å². The molecule has 6 nitrogen and oxygen atoms in total. The third-order valence-corrected chi connectivity index (χ3v) is 8.25. The number of para-hydroxylation sites is 1. The Morgan fingerprint density at radius 1 is 0.838 bits per heavy atom. The lowest BCUT2D eigenvalue weighted by molar-refractivity contribution is 0.268. The van der Waals surface area contributed by atoms with Crippen LogP contribution in [0.1, 0.15) is 29.8 Å². The van der Waals surface area contributed by atoms with Gasteiger partial charge in [-0.2, -0.15) is 4.31 Å². The minimum Gasteiger partial charge on any atom is -0.490 e. The van der Waals surface area contributed by atoms with Crippen LogP contribution in [0.3, 0.4) is 0 Å². The summed E-state index contributed by atoms with van der Waals surface area (Å²) in [5.41, 5.74) is 3.18. The number of rotatable bonds is 8. The number of nitrogens with one attached hydrogen (secondary N) is 1. The summed E-state index contributed by atoms with van der Waals surface area (Å²) in [7, 11) is -3.78. The zero-order valence-corrected chi connectivity index (χ0v) is 21.9. The third kappa shape index (κ3) is 5.44. The minimum atomic E-state index is -3.78. The number of sulfonamides is 1. The van der Waals surface area contributed by atoms with Crippen LogP contribution >= 0.6 is 11.6 Å². The van der Waals surface area contributed by atoms with Crippen LogP contribution < -0.4 is 14.8 Å². The number of halogens is 1. The predicted molar refractivity (Wildman–Crippen MR) is 145 cm³/mol. The third-order valence-electron chi connectivity index (χ3n) is 6.13. The summed E-state index contributed by atoms with van der Waals surface area (Å²) in [6.45, 7) is 2.90. The second-order valence-corrected chi connectivity index (χ2v) is 10.9. The number of ether oxygens (including phenoxy) is 2. The Labute approximate surface area is 222 Å². The fraction of sp³-hybridized carbons (Fsp3) is 0.172. The van der Waals surface area contributed by atoms with E-state index in [0.29, 0.717) is 35.4 Å². The van der Waals surface area contributed by atoms with Crippen LogP contribution in [0, 0.1) is 0 Å². The van der Waals surface area contributed by atoms with E-state index in [1.807, 2.05) is 85.8 Å². The molecule has 1 aliphatic heterocycles. The Kier molecular flexibility index (Phi) is 7.37. The molecule has 190 valence electrons. The van der Waals surface area contributed by atoms with Crippen LogP contribution in [0.15, 0.2) is 102 Å². The molecule has 0 saturated carbocycles. The lowest BCUT2D eigenvalue weighted by Gasteiger charge is -2.37. The van der Waals surface area contributed by atoms with Gasteiger partial charge in [0.15, 0.2) is 11.5 Å². The maximum Gasteiger partial charge on any atom is 0.247 e. The van der Waals surface area contributed by atoms with E-state index in [1.54, 1.807) is 18.2 Å². The highest BCUT2D eigenvalue weighted by Crippen LogP contribution is 2.41. The maximum absolute atomic E-state index is 13.8. The normalized spacial score (nSPS) is 16.4. The van der Waals surface area contributed by atoms with Gasteiger partial charge in [-0.1, -0.05) is 72.3 Å². The lowest BCUT2D eigenvalue weighted by Crippen LogP contribution is -2.42. The molecule has 0 saturated heterocycles. The number of benzene rings is 4. The van der Waals surface area contributed by atoms with Crippen LogP contribution in [0.4, 0.5) is 5.69 Å². The van der Waals surface area contributed by atoms with E-state index in [1.165, 1.54) is 4.31 Å². The minimum absolute atomic E-state index is 0.216. The maximum atomic E-state index is 13.8. The highest BCUT2D eigenvalue weighted by Gasteiger charge is 2.39. The van der Waals surface area contributed by atoms with Crippen molar-refractivity contribution in [1.82, 2.24) is 4.31 Å². The van der Waals surface area contributed by atoms with Gasteiger partial charge in [0, 0.05) is 11.6 Å². The molecule has 1 unspecified atom stereocenters. The van der Waals surface area contributed by atoms with Crippen molar-refractivity contribution in [1.29, 1.82) is 0 Å². The van der Waals surface area contributed by atoms with Crippen molar-refractivity contribution in [2.24, 2.45) is 0 Å². The second-order valence-electron chi connectivity index (χ2n) is 8.63. The molecule has 8 heteroatoms. The summed E-state index contributed by atoms with van der Waals surface area (Å²) in [5, 5.41) is 4.10. The summed E-state index contributed by atoms with van der Waals surface area (Å²) in [6, 6.07) is 29.5. The molecule has 1 heterocycles. The lowest BCUT2D eigenvalue weighted by atomic mass is 10.1. The zero-order chi connectivity index (χ0) is 25.8. The Morgan fingerprint density at radius 2 is 1.57 bits per heavy atom. The molecule has 4 aromatic carbocycles. The second kappa shape index (κ2) is 10.8. The summed E-state index contributed by atoms with van der Waals surface area (Å²) in [4.78, 5) is 0.259. The van der Waals surface area contributed by atoms with Crippen LogP contribution in [0.5, 0.6) is 11.5 Å². The molecule has 0 bridgehead atoms. The molecule has 0 aromatic heterocycles. The molecule has 1 aliphatic rings. The van der Waals surface area contributed by atoms with E-state index in [-0.39, 0.29) is 11.4 Å². The Bertz CT molecular complexity index is 1480. The first-order chi connectivity index (χ1) is 18.0. The number of anilines is 1. The molecule has 5 rings (SSSR count). The number of nitrogens with zero attached hydrogens (tertiary/aromatic N) is 1. The number of hydrogen-bond donors (Lipinski definition) is 1. The monoisotopic (exact) mass is 534 g/mol. The van der Waals surface area contributed by atoms with Gasteiger partial charge in [0.2, 0.25) is 10.0 Å². The van der Waals surface area contributed by atoms with Gasteiger partial charge in [0.25, 0.3) is 0 Å². The van der Waals surface area contributed by atoms with Crippen molar-refractivity contribution >= 4 is 27.3 Å². The molecule has 0 amide bonds. The SMILES string of the molecule is CCOc1cc(C2Nc3ccccc3S(=O)(=O)N2Cc2ccccc2)ccc1OCc1ccc(Cl)cc1. The molecule has 0 radical (unpaired) electrons. The standard InChI is InChI=1S/C29H27ClN2O4S/c1-2-35-27-18-23(14-17-26(27)36-20-22-12-15-24(30)16-13-22)29-31-25-10-6-7-11-28(25)37(33,34)32(29)19-21-8-4-3-5-9-21/h3-18,29,31H,2,19-20H2,1H3. The highest BCUT2D eigenvalue weighted by molar-refractivity contribution is 7.89. The van der Waals surface area contributed by atoms with E-state index >= 15 is 0 Å². The average Bonchev–Trinajstić information content (AvgIpc) is 2.91. The Balaban J connectivity index is 1.50. The smallest absolute Gasteiger partial charge is 0.247 e. The highest BCUT2D eigenvalue weighted by atomic mass is 35.5. The van der Waals surface area contributed by atoms with E-state index in [4.69, 9.17) is 21.1 Å². The molecule has 37 heavy (non-hydrogen) atoms. The van der Waals surface area contributed by atoms with Gasteiger partial charge in [-0.25, -0.2) is 8.42 Å². The summed E-state index contributed by atoms with van der Waals surface area (Å²) < 4.78 is 41.0. The summed E-state index contributed by atoms with van der Waals surface area (Å²) in [5.74, 6) is 1.13. The molecular weight excluding hydrogens is 508 g/mol. The molecule has 0 aliphatic carbocycles. The van der Waals surface area contributed by atoms with Crippen LogP contribution in [0.2, 0.25) is 5.02 Å². The van der Waals surface area contributed by atoms with Gasteiger partial charge in [0.1, 0.15) is 17.7 Å². The molecule has 0 fully saturated rings. The van der Waals surface area contributed by atoms with Gasteiger partial charge in [-0.05, 0) is 60.0 Å². The Hall–Kier alpha value is -3.52. The fourth-order valence-corrected chi connectivity index (χ4v) is 6.11. The van der Waals surface area contributed by atoms with E-state index in [9.17, 15) is 8.42 Å². The van der Waals surface area contributed by atoms with Crippen molar-refractivity contribution < 1.29 is 17.9 Å². The van der Waals surface area contributed by atoms with E-state index in [0.717, 1.165) is 16.7 Å². The largest absolute Gasteiger partial charge is 0.490 e. The quantitative estimate of drug-likeness (QED) is 0.275. The van der Waals surface area contributed by atoms with Crippen LogP contribution in [-0.4, -0.2) is 19.3 Å². The van der Waals surface area contributed by atoms with Crippen LogP contribution in [-0.2, 0) is 23.2 Å². The average molecular weight is 535 g/mol. The van der Waals surface area contributed by atoms with Gasteiger partial charge < -0.3 is 14.8 Å². The molecular formula is C29H27ClN2O4S. The first kappa shape index (κ1) is 25.1. The number of fused-ring (bicyclic) bond motifs is 1. The predicted octanol–water partition coefficient (Wildman–Crippen LogP) is 6.63. The molecule has 4 aromatic rings. The van der Waals surface area contributed by atoms with Gasteiger partial charge in [-0.15, -0.1) is 0 Å². The first-order valence-electron chi connectivity index (χ1n) is 12.0. The van der Waals surface area contributed by atoms with Gasteiger partial charge in [-0.3, -0.25) is 0 Å². The summed E-state index contributed by atoms with van der Waals surface area (Å²) in [6.07, 6.45) is -0.635. The molecule has 0 spiro atoms. The van der Waals surface area contributed by atoms with Crippen molar-refractivity contribution in [2.45, 2.75) is 31.1 Å². The number of hydrogen-bond acceptors (Lipinski definition) is 5. The Morgan fingerprint density at radius 3 is 2.32 bits per heavy atom. The fourth-order valence-electron chi connectivity index (χ4n) is 4.31. The summed E-state index contributed by atoms with van der Waals surface area (Å²) >= 11 is 5.99. The van der Waals surface area contributed by atoms with E-state index in [2.05, 4.69) is 5.32 Å². The van der Waals surface area contributed by atoms with Crippen molar-refractivity contribution in [2.75, 3.05) is 11.9 Å².